The summed E-state index contributed by atoms with van der Waals surface area (Å²) < 4.78 is 24.7. The first-order valence-electron chi connectivity index (χ1n) is 9.65. The van der Waals surface area contributed by atoms with Gasteiger partial charge >= 0.3 is 0 Å². The lowest BCUT2D eigenvalue weighted by atomic mass is 10.0. The number of carbonyl (C=O) groups excluding carboxylic acids is 1. The number of benzene rings is 1. The average molecular weight is 407 g/mol. The fourth-order valence-electron chi connectivity index (χ4n) is 3.93. The summed E-state index contributed by atoms with van der Waals surface area (Å²) in [5, 5.41) is 0.572. The van der Waals surface area contributed by atoms with Crippen LogP contribution in [-0.4, -0.2) is 60.6 Å². The minimum Gasteiger partial charge on any atom is -0.485 e. The Kier molecular flexibility index (Phi) is 5.60. The van der Waals surface area contributed by atoms with Gasteiger partial charge in [0.2, 0.25) is 6.10 Å². The first-order valence-corrected chi connectivity index (χ1v) is 10.0. The van der Waals surface area contributed by atoms with Crippen molar-refractivity contribution in [2.24, 2.45) is 0 Å². The Morgan fingerprint density at radius 2 is 2.11 bits per heavy atom. The molecule has 1 amide bonds. The first kappa shape index (κ1) is 19.3. The smallest absolute Gasteiger partial charge is 0.267 e. The van der Waals surface area contributed by atoms with Crippen LogP contribution in [0.1, 0.15) is 19.8 Å². The van der Waals surface area contributed by atoms with Crippen molar-refractivity contribution in [3.8, 4) is 11.5 Å². The van der Waals surface area contributed by atoms with Crippen LogP contribution in [0.4, 0.5) is 4.39 Å². The summed E-state index contributed by atoms with van der Waals surface area (Å²) in [4.78, 5) is 17.2. The van der Waals surface area contributed by atoms with E-state index in [2.05, 4.69) is 11.8 Å². The Morgan fingerprint density at radius 1 is 1.25 bits per heavy atom. The molecule has 2 unspecified atom stereocenters. The van der Waals surface area contributed by atoms with Crippen molar-refractivity contribution in [3.05, 3.63) is 46.8 Å². The fraction of sp³-hybridized carbons (Fsp3) is 0.476. The van der Waals surface area contributed by atoms with Crippen LogP contribution in [0, 0.1) is 0 Å². The van der Waals surface area contributed by atoms with E-state index in [1.54, 1.807) is 24.3 Å². The van der Waals surface area contributed by atoms with Gasteiger partial charge in [-0.3, -0.25) is 9.69 Å². The highest BCUT2D eigenvalue weighted by Crippen LogP contribution is 2.34. The van der Waals surface area contributed by atoms with Crippen LogP contribution in [0.2, 0.25) is 5.02 Å². The van der Waals surface area contributed by atoms with Gasteiger partial charge in [0.05, 0.1) is 0 Å². The van der Waals surface area contributed by atoms with Crippen molar-refractivity contribution in [3.63, 3.8) is 0 Å². The Labute approximate surface area is 169 Å². The molecule has 2 atom stereocenters. The summed E-state index contributed by atoms with van der Waals surface area (Å²) in [5.74, 6) is 1.02. The zero-order valence-corrected chi connectivity index (χ0v) is 16.6. The zero-order chi connectivity index (χ0) is 19.7. The minimum absolute atomic E-state index is 0.0466. The largest absolute Gasteiger partial charge is 0.485 e. The lowest BCUT2D eigenvalue weighted by Crippen LogP contribution is -2.58. The van der Waals surface area contributed by atoms with E-state index < -0.39 is 6.10 Å². The molecule has 5 nitrogen and oxygen atoms in total. The molecule has 28 heavy (non-hydrogen) atoms. The molecule has 1 aliphatic carbocycles. The average Bonchev–Trinajstić information content (AvgIpc) is 2.69. The number of halogens is 2. The molecule has 1 saturated heterocycles. The van der Waals surface area contributed by atoms with Crippen LogP contribution in [-0.2, 0) is 4.79 Å². The molecular weight excluding hydrogens is 383 g/mol. The number of carbonyl (C=O) groups is 1. The number of ether oxygens (including phenoxy) is 2. The second-order valence-electron chi connectivity index (χ2n) is 7.56. The molecule has 1 aromatic carbocycles. The molecule has 2 aliphatic heterocycles. The summed E-state index contributed by atoms with van der Waals surface area (Å²) in [6.07, 6.45) is 4.07. The maximum Gasteiger partial charge on any atom is 0.267 e. The summed E-state index contributed by atoms with van der Waals surface area (Å²) in [5.41, 5.74) is 1.24. The topological polar surface area (TPSA) is 42.0 Å². The highest BCUT2D eigenvalue weighted by atomic mass is 35.5. The Morgan fingerprint density at radius 3 is 2.86 bits per heavy atom. The molecule has 0 bridgehead atoms. The summed E-state index contributed by atoms with van der Waals surface area (Å²) in [6, 6.07) is 5.22. The number of fused-ring (bicyclic) bond motifs is 1. The number of hydrogen-bond acceptors (Lipinski definition) is 4. The Hall–Kier alpha value is -2.05. The van der Waals surface area contributed by atoms with Crippen LogP contribution < -0.4 is 9.47 Å². The van der Waals surface area contributed by atoms with E-state index in [1.165, 1.54) is 5.57 Å². The van der Waals surface area contributed by atoms with Gasteiger partial charge in [-0.15, -0.1) is 0 Å². The van der Waals surface area contributed by atoms with Crippen molar-refractivity contribution in [1.29, 1.82) is 0 Å². The number of piperazine rings is 1. The van der Waals surface area contributed by atoms with E-state index >= 15 is 0 Å². The van der Waals surface area contributed by atoms with E-state index in [1.807, 2.05) is 11.0 Å². The fourth-order valence-corrected chi connectivity index (χ4v) is 4.09. The summed E-state index contributed by atoms with van der Waals surface area (Å²) in [7, 11) is 0. The Bertz CT molecular complexity index is 826. The van der Waals surface area contributed by atoms with Gasteiger partial charge in [0.1, 0.15) is 12.4 Å². The predicted octanol–water partition coefficient (Wildman–Crippen LogP) is 3.59. The number of rotatable bonds is 3. The molecule has 0 spiro atoms. The maximum absolute atomic E-state index is 13.2. The molecule has 0 radical (unpaired) electrons. The van der Waals surface area contributed by atoms with Crippen molar-refractivity contribution in [2.45, 2.75) is 31.9 Å². The van der Waals surface area contributed by atoms with E-state index in [9.17, 15) is 9.18 Å². The highest BCUT2D eigenvalue weighted by molar-refractivity contribution is 6.30. The summed E-state index contributed by atoms with van der Waals surface area (Å²) in [6.45, 7) is 5.28. The van der Waals surface area contributed by atoms with E-state index in [-0.39, 0.29) is 24.4 Å². The third-order valence-corrected chi connectivity index (χ3v) is 5.68. The lowest BCUT2D eigenvalue weighted by Gasteiger charge is -2.42. The van der Waals surface area contributed by atoms with Crippen molar-refractivity contribution < 1.29 is 18.7 Å². The number of amides is 1. The van der Waals surface area contributed by atoms with Gasteiger partial charge in [0, 0.05) is 49.7 Å². The van der Waals surface area contributed by atoms with Gasteiger partial charge in [0.25, 0.3) is 5.91 Å². The second-order valence-corrected chi connectivity index (χ2v) is 8.00. The zero-order valence-electron chi connectivity index (χ0n) is 15.9. The first-order chi connectivity index (χ1) is 13.5. The molecule has 0 N–H and O–H groups in total. The van der Waals surface area contributed by atoms with Gasteiger partial charge < -0.3 is 14.4 Å². The molecule has 3 aliphatic rings. The molecule has 4 rings (SSSR count). The third-order valence-electron chi connectivity index (χ3n) is 5.45. The molecule has 0 aromatic heterocycles. The number of allylic oxidation sites excluding steroid dienone is 3. The van der Waals surface area contributed by atoms with Crippen LogP contribution in [0.5, 0.6) is 11.5 Å². The Balaban J connectivity index is 1.34. The minimum atomic E-state index is -0.642. The van der Waals surface area contributed by atoms with E-state index in [0.29, 0.717) is 29.5 Å². The highest BCUT2D eigenvalue weighted by Gasteiger charge is 2.35. The van der Waals surface area contributed by atoms with Gasteiger partial charge in [-0.05, 0) is 31.6 Å². The molecule has 1 aromatic rings. The SMILES string of the molecule is CC1CN(CC2=CC=C(F)CC2)CCN1C(=O)C1COc2cc(Cl)ccc2O1. The van der Waals surface area contributed by atoms with Crippen molar-refractivity contribution >= 4 is 17.5 Å². The van der Waals surface area contributed by atoms with Crippen molar-refractivity contribution in [1.82, 2.24) is 9.80 Å². The van der Waals surface area contributed by atoms with Gasteiger partial charge in [-0.25, -0.2) is 4.39 Å². The molecular formula is C21H24ClFN2O3. The monoisotopic (exact) mass is 406 g/mol. The lowest BCUT2D eigenvalue weighted by molar-refractivity contribution is -0.145. The van der Waals surface area contributed by atoms with E-state index in [0.717, 1.165) is 26.1 Å². The van der Waals surface area contributed by atoms with Gasteiger partial charge in [-0.2, -0.15) is 0 Å². The maximum atomic E-state index is 13.2. The quantitative estimate of drug-likeness (QED) is 0.769. The van der Waals surface area contributed by atoms with Gasteiger partial charge in [-0.1, -0.05) is 23.3 Å². The number of nitrogens with zero attached hydrogens (tertiary/aromatic N) is 2. The van der Waals surface area contributed by atoms with Crippen LogP contribution in [0.3, 0.4) is 0 Å². The van der Waals surface area contributed by atoms with Crippen molar-refractivity contribution in [2.75, 3.05) is 32.8 Å². The van der Waals surface area contributed by atoms with E-state index in [4.69, 9.17) is 21.1 Å². The van der Waals surface area contributed by atoms with Gasteiger partial charge in [0.15, 0.2) is 11.5 Å². The molecule has 1 fully saturated rings. The summed E-state index contributed by atoms with van der Waals surface area (Å²) >= 11 is 5.97. The predicted molar refractivity (Wildman–Crippen MR) is 105 cm³/mol. The molecule has 0 saturated carbocycles. The molecule has 7 heteroatoms. The second kappa shape index (κ2) is 8.13. The van der Waals surface area contributed by atoms with Crippen LogP contribution in [0.25, 0.3) is 0 Å². The third kappa shape index (κ3) is 4.18. The standard InChI is InChI=1S/C21H24ClFN2O3/c1-14-11-24(12-15-2-5-17(23)6-3-15)8-9-25(14)21(26)20-13-27-19-10-16(22)4-7-18(19)28-20/h2,4-5,7,10,14,20H,3,6,8-9,11-13H2,1H3. The molecule has 2 heterocycles. The van der Waals surface area contributed by atoms with Crippen LogP contribution in [0.15, 0.2) is 41.8 Å². The normalized spacial score (nSPS) is 25.2. The van der Waals surface area contributed by atoms with Crippen LogP contribution >= 0.6 is 11.6 Å². The number of hydrogen-bond donors (Lipinski definition) is 0. The molecule has 150 valence electrons.